The van der Waals surface area contributed by atoms with E-state index in [0.29, 0.717) is 17.9 Å². The first-order valence-corrected chi connectivity index (χ1v) is 3.33. The molecule has 0 heterocycles. The van der Waals surface area contributed by atoms with Gasteiger partial charge in [-0.1, -0.05) is 6.92 Å². The van der Waals surface area contributed by atoms with Gasteiger partial charge in [-0.05, 0) is 17.8 Å². The highest BCUT2D eigenvalue weighted by atomic mass is 16.5. The number of hydrogen-bond acceptors (Lipinski definition) is 2. The van der Waals surface area contributed by atoms with Gasteiger partial charge in [0.05, 0.1) is 6.61 Å². The summed E-state index contributed by atoms with van der Waals surface area (Å²) in [7, 11) is 1.71. The molecule has 0 spiro atoms. The van der Waals surface area contributed by atoms with Gasteiger partial charge in [-0.3, -0.25) is 0 Å². The fourth-order valence-corrected chi connectivity index (χ4v) is 1.30. The van der Waals surface area contributed by atoms with Crippen LogP contribution in [0, 0.1) is 11.3 Å². The molecule has 0 aromatic heterocycles. The van der Waals surface area contributed by atoms with Gasteiger partial charge < -0.3 is 9.84 Å². The van der Waals surface area contributed by atoms with Gasteiger partial charge in [0.1, 0.15) is 0 Å². The number of rotatable bonds is 3. The lowest BCUT2D eigenvalue weighted by Crippen LogP contribution is -2.08. The van der Waals surface area contributed by atoms with E-state index in [1.165, 1.54) is 0 Å². The van der Waals surface area contributed by atoms with Crippen molar-refractivity contribution in [2.24, 2.45) is 11.3 Å². The van der Waals surface area contributed by atoms with Crippen molar-refractivity contribution in [2.75, 3.05) is 20.3 Å². The molecular weight excluding hydrogens is 116 g/mol. The van der Waals surface area contributed by atoms with Crippen molar-refractivity contribution in [1.82, 2.24) is 0 Å². The normalized spacial score (nSPS) is 41.0. The fraction of sp³-hybridized carbons (Fsp3) is 1.00. The van der Waals surface area contributed by atoms with Crippen molar-refractivity contribution in [2.45, 2.75) is 13.3 Å². The quantitative estimate of drug-likeness (QED) is 0.608. The first-order chi connectivity index (χ1) is 4.23. The lowest BCUT2D eigenvalue weighted by Gasteiger charge is -2.06. The summed E-state index contributed by atoms with van der Waals surface area (Å²) < 4.78 is 4.99. The summed E-state index contributed by atoms with van der Waals surface area (Å²) in [6, 6.07) is 0. The third-order valence-electron chi connectivity index (χ3n) is 2.23. The molecule has 1 aliphatic rings. The van der Waals surface area contributed by atoms with Gasteiger partial charge in [-0.15, -0.1) is 0 Å². The summed E-state index contributed by atoms with van der Waals surface area (Å²) in [5, 5.41) is 8.71. The van der Waals surface area contributed by atoms with Crippen molar-refractivity contribution in [3.05, 3.63) is 0 Å². The Morgan fingerprint density at radius 2 is 2.44 bits per heavy atom. The molecule has 2 unspecified atom stereocenters. The van der Waals surface area contributed by atoms with Crippen molar-refractivity contribution in [3.63, 3.8) is 0 Å². The topological polar surface area (TPSA) is 29.5 Å². The summed E-state index contributed by atoms with van der Waals surface area (Å²) in [5.41, 5.74) is 0.295. The maximum Gasteiger partial charge on any atom is 0.0519 e. The first-order valence-electron chi connectivity index (χ1n) is 3.33. The summed E-state index contributed by atoms with van der Waals surface area (Å²) in [6.45, 7) is 3.26. The highest BCUT2D eigenvalue weighted by Gasteiger charge is 2.49. The zero-order valence-corrected chi connectivity index (χ0v) is 6.05. The van der Waals surface area contributed by atoms with Gasteiger partial charge in [0.25, 0.3) is 0 Å². The van der Waals surface area contributed by atoms with Crippen LogP contribution in [0.2, 0.25) is 0 Å². The Balaban J connectivity index is 2.25. The molecule has 2 nitrogen and oxygen atoms in total. The Hall–Kier alpha value is -0.0800. The van der Waals surface area contributed by atoms with E-state index in [2.05, 4.69) is 6.92 Å². The van der Waals surface area contributed by atoms with Crippen LogP contribution in [0.15, 0.2) is 0 Å². The van der Waals surface area contributed by atoms with Gasteiger partial charge >= 0.3 is 0 Å². The molecule has 1 aliphatic carbocycles. The maximum absolute atomic E-state index is 8.71. The zero-order chi connectivity index (χ0) is 6.91. The van der Waals surface area contributed by atoms with E-state index in [1.54, 1.807) is 7.11 Å². The molecule has 1 saturated carbocycles. The van der Waals surface area contributed by atoms with Crippen molar-refractivity contribution >= 4 is 0 Å². The lowest BCUT2D eigenvalue weighted by atomic mass is 10.1. The number of hydrogen-bond donors (Lipinski definition) is 1. The van der Waals surface area contributed by atoms with Gasteiger partial charge in [0.2, 0.25) is 0 Å². The van der Waals surface area contributed by atoms with Crippen LogP contribution in [0.3, 0.4) is 0 Å². The fourth-order valence-electron chi connectivity index (χ4n) is 1.30. The molecule has 0 bridgehead atoms. The zero-order valence-electron chi connectivity index (χ0n) is 6.05. The molecule has 1 fully saturated rings. The number of methoxy groups -OCH3 is 1. The van der Waals surface area contributed by atoms with Crippen molar-refractivity contribution in [3.8, 4) is 0 Å². The predicted molar refractivity (Wildman–Crippen MR) is 35.2 cm³/mol. The average Bonchev–Trinajstić information content (AvgIpc) is 2.43. The second-order valence-corrected chi connectivity index (χ2v) is 3.17. The van der Waals surface area contributed by atoms with E-state index in [0.717, 1.165) is 13.0 Å². The molecule has 0 aromatic carbocycles. The molecule has 1 rings (SSSR count). The summed E-state index contributed by atoms with van der Waals surface area (Å²) in [5.74, 6) is 0.498. The largest absolute Gasteiger partial charge is 0.396 e. The van der Waals surface area contributed by atoms with Crippen LogP contribution in [-0.4, -0.2) is 25.4 Å². The molecule has 1 N–H and O–H groups in total. The van der Waals surface area contributed by atoms with E-state index in [9.17, 15) is 0 Å². The Morgan fingerprint density at radius 1 is 1.78 bits per heavy atom. The maximum atomic E-state index is 8.71. The average molecular weight is 130 g/mol. The monoisotopic (exact) mass is 130 g/mol. The third kappa shape index (κ3) is 1.25. The van der Waals surface area contributed by atoms with Gasteiger partial charge in [0, 0.05) is 13.7 Å². The summed E-state index contributed by atoms with van der Waals surface area (Å²) >= 11 is 0. The van der Waals surface area contributed by atoms with Crippen molar-refractivity contribution < 1.29 is 9.84 Å². The van der Waals surface area contributed by atoms with Gasteiger partial charge in [-0.2, -0.15) is 0 Å². The Kier molecular flexibility index (Phi) is 1.78. The molecule has 0 aliphatic heterocycles. The molecule has 54 valence electrons. The van der Waals surface area contributed by atoms with E-state index in [1.807, 2.05) is 0 Å². The summed E-state index contributed by atoms with van der Waals surface area (Å²) in [4.78, 5) is 0. The minimum Gasteiger partial charge on any atom is -0.396 e. The van der Waals surface area contributed by atoms with Crippen LogP contribution in [0.4, 0.5) is 0 Å². The SMILES string of the molecule is COCC1(C)CC1CO. The Morgan fingerprint density at radius 3 is 2.78 bits per heavy atom. The minimum absolute atomic E-state index is 0.295. The lowest BCUT2D eigenvalue weighted by molar-refractivity contribution is 0.131. The van der Waals surface area contributed by atoms with Crippen LogP contribution in [0.1, 0.15) is 13.3 Å². The molecule has 2 atom stereocenters. The van der Waals surface area contributed by atoms with Crippen LogP contribution >= 0.6 is 0 Å². The number of aliphatic hydroxyl groups excluding tert-OH is 1. The molecule has 9 heavy (non-hydrogen) atoms. The molecular formula is C7H14O2. The van der Waals surface area contributed by atoms with Gasteiger partial charge in [0.15, 0.2) is 0 Å². The minimum atomic E-state index is 0.295. The number of aliphatic hydroxyl groups is 1. The standard InChI is InChI=1S/C7H14O2/c1-7(5-9-2)3-6(7)4-8/h6,8H,3-5H2,1-2H3. The molecule has 0 radical (unpaired) electrons. The van der Waals surface area contributed by atoms with E-state index < -0.39 is 0 Å². The summed E-state index contributed by atoms with van der Waals surface area (Å²) in [6.07, 6.45) is 1.12. The highest BCUT2D eigenvalue weighted by Crippen LogP contribution is 2.51. The second-order valence-electron chi connectivity index (χ2n) is 3.17. The second kappa shape index (κ2) is 2.27. The molecule has 0 saturated heterocycles. The predicted octanol–water partition coefficient (Wildman–Crippen LogP) is 0.651. The molecule has 0 amide bonds. The Bertz CT molecular complexity index is 103. The first kappa shape index (κ1) is 7.03. The molecule has 0 aromatic rings. The van der Waals surface area contributed by atoms with Crippen LogP contribution in [-0.2, 0) is 4.74 Å². The van der Waals surface area contributed by atoms with Crippen molar-refractivity contribution in [1.29, 1.82) is 0 Å². The molecule has 2 heteroatoms. The third-order valence-corrected chi connectivity index (χ3v) is 2.23. The van der Waals surface area contributed by atoms with E-state index >= 15 is 0 Å². The van der Waals surface area contributed by atoms with E-state index in [4.69, 9.17) is 9.84 Å². The van der Waals surface area contributed by atoms with E-state index in [-0.39, 0.29) is 0 Å². The van der Waals surface area contributed by atoms with Crippen LogP contribution < -0.4 is 0 Å². The smallest absolute Gasteiger partial charge is 0.0519 e. The Labute approximate surface area is 55.8 Å². The highest BCUT2D eigenvalue weighted by molar-refractivity contribution is 4.98. The van der Waals surface area contributed by atoms with Gasteiger partial charge in [-0.25, -0.2) is 0 Å². The van der Waals surface area contributed by atoms with Crippen LogP contribution in [0.5, 0.6) is 0 Å². The number of ether oxygens (including phenoxy) is 1. The van der Waals surface area contributed by atoms with Crippen LogP contribution in [0.25, 0.3) is 0 Å².